The van der Waals surface area contributed by atoms with Crippen LogP contribution < -0.4 is 16.0 Å². The van der Waals surface area contributed by atoms with Crippen LogP contribution in [0.25, 0.3) is 0 Å². The van der Waals surface area contributed by atoms with Gasteiger partial charge in [0, 0.05) is 36.4 Å². The number of primary amides is 1. The van der Waals surface area contributed by atoms with Crippen molar-refractivity contribution in [3.8, 4) is 0 Å². The molecule has 0 fully saturated rings. The van der Waals surface area contributed by atoms with Gasteiger partial charge >= 0.3 is 0 Å². The number of anilines is 1. The van der Waals surface area contributed by atoms with E-state index in [1.165, 1.54) is 23.3 Å². The van der Waals surface area contributed by atoms with Gasteiger partial charge in [0.15, 0.2) is 0 Å². The summed E-state index contributed by atoms with van der Waals surface area (Å²) in [5.74, 6) is -0.245. The molecule has 5 heteroatoms. The summed E-state index contributed by atoms with van der Waals surface area (Å²) < 4.78 is 0. The fourth-order valence-corrected chi connectivity index (χ4v) is 3.43. The summed E-state index contributed by atoms with van der Waals surface area (Å²) in [6.07, 6.45) is 6.85. The molecule has 2 aliphatic rings. The molecule has 1 amide bonds. The summed E-state index contributed by atoms with van der Waals surface area (Å²) in [7, 11) is 0. The number of nitrogens with one attached hydrogen (secondary N) is 1. The first kappa shape index (κ1) is 15.9. The zero-order valence-electron chi connectivity index (χ0n) is 13.1. The predicted octanol–water partition coefficient (Wildman–Crippen LogP) is 3.34. The molecule has 0 aromatic heterocycles. The molecule has 1 aliphatic carbocycles. The fraction of sp³-hybridized carbons (Fsp3) is 0.389. The third-order valence-corrected chi connectivity index (χ3v) is 4.59. The van der Waals surface area contributed by atoms with Gasteiger partial charge in [-0.15, -0.1) is 0 Å². The summed E-state index contributed by atoms with van der Waals surface area (Å²) in [5.41, 5.74) is 10.4. The third kappa shape index (κ3) is 3.88. The lowest BCUT2D eigenvalue weighted by Crippen LogP contribution is -2.29. The highest BCUT2D eigenvalue weighted by Crippen LogP contribution is 2.36. The molecular weight excluding hydrogens is 310 g/mol. The number of allylic oxidation sites excluding steroid dienone is 1. The second-order valence-electron chi connectivity index (χ2n) is 6.08. The molecule has 1 aliphatic heterocycles. The van der Waals surface area contributed by atoms with E-state index >= 15 is 0 Å². The van der Waals surface area contributed by atoms with Crippen LogP contribution in [-0.4, -0.2) is 19.0 Å². The van der Waals surface area contributed by atoms with Crippen molar-refractivity contribution in [3.05, 3.63) is 52.3 Å². The van der Waals surface area contributed by atoms with Gasteiger partial charge in [-0.2, -0.15) is 0 Å². The first-order chi connectivity index (χ1) is 11.1. The number of rotatable bonds is 6. The smallest absolute Gasteiger partial charge is 0.217 e. The Balaban J connectivity index is 1.74. The summed E-state index contributed by atoms with van der Waals surface area (Å²) in [5, 5.41) is 4.23. The summed E-state index contributed by atoms with van der Waals surface area (Å²) in [4.78, 5) is 13.1. The van der Waals surface area contributed by atoms with Gasteiger partial charge in [0.1, 0.15) is 0 Å². The Bertz CT molecular complexity index is 666. The van der Waals surface area contributed by atoms with E-state index in [2.05, 4.69) is 22.5 Å². The molecule has 23 heavy (non-hydrogen) atoms. The Labute approximate surface area is 142 Å². The number of benzene rings is 1. The lowest BCUT2D eigenvalue weighted by molar-refractivity contribution is -0.118. The number of hydrogen-bond donors (Lipinski definition) is 2. The first-order valence-electron chi connectivity index (χ1n) is 8.11. The van der Waals surface area contributed by atoms with E-state index in [9.17, 15) is 4.79 Å². The average molecular weight is 332 g/mol. The molecule has 4 nitrogen and oxygen atoms in total. The molecule has 0 spiro atoms. The van der Waals surface area contributed by atoms with Crippen molar-refractivity contribution in [2.24, 2.45) is 5.73 Å². The lowest BCUT2D eigenvalue weighted by Gasteiger charge is -2.29. The highest BCUT2D eigenvalue weighted by molar-refractivity contribution is 6.30. The van der Waals surface area contributed by atoms with Gasteiger partial charge in [0.2, 0.25) is 5.91 Å². The van der Waals surface area contributed by atoms with E-state index in [-0.39, 0.29) is 5.91 Å². The van der Waals surface area contributed by atoms with Gasteiger partial charge in [-0.25, -0.2) is 0 Å². The Morgan fingerprint density at radius 2 is 2.22 bits per heavy atom. The average Bonchev–Trinajstić information content (AvgIpc) is 2.99. The minimum atomic E-state index is -0.245. The van der Waals surface area contributed by atoms with E-state index in [4.69, 9.17) is 17.3 Å². The van der Waals surface area contributed by atoms with Gasteiger partial charge in [0.25, 0.3) is 0 Å². The van der Waals surface area contributed by atoms with Crippen molar-refractivity contribution in [3.63, 3.8) is 0 Å². The van der Waals surface area contributed by atoms with Gasteiger partial charge in [-0.3, -0.25) is 4.79 Å². The highest BCUT2D eigenvalue weighted by Gasteiger charge is 2.24. The molecule has 0 unspecified atom stereocenters. The Morgan fingerprint density at radius 3 is 3.00 bits per heavy atom. The quantitative estimate of drug-likeness (QED) is 0.786. The second-order valence-corrected chi connectivity index (χ2v) is 6.52. The molecule has 122 valence electrons. The molecule has 3 N–H and O–H groups in total. The van der Waals surface area contributed by atoms with Crippen LogP contribution in [0.3, 0.4) is 0 Å². The van der Waals surface area contributed by atoms with Crippen molar-refractivity contribution in [1.29, 1.82) is 0 Å². The maximum atomic E-state index is 10.9. The number of halogens is 1. The molecular formula is C18H22ClN3O. The minimum Gasteiger partial charge on any atom is -0.384 e. The number of nitrogens with zero attached hydrogens (tertiary/aromatic N) is 1. The Hall–Kier alpha value is -1.94. The number of amides is 1. The summed E-state index contributed by atoms with van der Waals surface area (Å²) >= 11 is 6.13. The molecule has 3 rings (SSSR count). The highest BCUT2D eigenvalue weighted by atomic mass is 35.5. The second kappa shape index (κ2) is 7.09. The Morgan fingerprint density at radius 1 is 1.35 bits per heavy atom. The molecule has 0 atom stereocenters. The number of hydrogen-bond acceptors (Lipinski definition) is 3. The van der Waals surface area contributed by atoms with Crippen LogP contribution in [-0.2, 0) is 4.79 Å². The maximum Gasteiger partial charge on any atom is 0.217 e. The van der Waals surface area contributed by atoms with E-state index in [1.54, 1.807) is 0 Å². The van der Waals surface area contributed by atoms with E-state index in [0.29, 0.717) is 6.42 Å². The molecule has 0 radical (unpaired) electrons. The van der Waals surface area contributed by atoms with Crippen molar-refractivity contribution in [2.75, 3.05) is 18.0 Å². The van der Waals surface area contributed by atoms with Gasteiger partial charge in [-0.05, 0) is 55.0 Å². The van der Waals surface area contributed by atoms with Crippen LogP contribution in [0.1, 0.15) is 32.1 Å². The largest absolute Gasteiger partial charge is 0.384 e. The van der Waals surface area contributed by atoms with Gasteiger partial charge in [-0.1, -0.05) is 17.7 Å². The number of carbonyl (C=O) groups is 1. The van der Waals surface area contributed by atoms with Gasteiger partial charge < -0.3 is 16.0 Å². The van der Waals surface area contributed by atoms with Crippen LogP contribution in [0, 0.1) is 0 Å². The lowest BCUT2D eigenvalue weighted by atomic mass is 10.0. The summed E-state index contributed by atoms with van der Waals surface area (Å²) in [6.45, 7) is 1.69. The summed E-state index contributed by atoms with van der Waals surface area (Å²) in [6, 6.07) is 7.93. The minimum absolute atomic E-state index is 0.245. The molecule has 0 bridgehead atoms. The van der Waals surface area contributed by atoms with Crippen LogP contribution in [0.15, 0.2) is 47.3 Å². The van der Waals surface area contributed by atoms with Crippen molar-refractivity contribution in [1.82, 2.24) is 5.32 Å². The molecule has 1 aromatic rings. The molecule has 0 saturated carbocycles. The standard InChI is InChI=1S/C18H22ClN3O/c19-14-5-2-6-15(10-14)22-11-13-4-1-7-16(13)17(12-22)21-9-3-8-18(20)23/h2,5-6,10,12,21H,1,3-4,7-9,11H2,(H2,20,23). The Kier molecular flexibility index (Phi) is 4.91. The van der Waals surface area contributed by atoms with Crippen molar-refractivity contribution in [2.45, 2.75) is 32.1 Å². The normalized spacial score (nSPS) is 17.1. The fourth-order valence-electron chi connectivity index (χ4n) is 3.25. The predicted molar refractivity (Wildman–Crippen MR) is 94.2 cm³/mol. The zero-order valence-corrected chi connectivity index (χ0v) is 13.9. The van der Waals surface area contributed by atoms with Crippen molar-refractivity contribution >= 4 is 23.2 Å². The van der Waals surface area contributed by atoms with Crippen LogP contribution in [0.4, 0.5) is 5.69 Å². The molecule has 1 aromatic carbocycles. The van der Waals surface area contributed by atoms with E-state index < -0.39 is 0 Å². The first-order valence-corrected chi connectivity index (χ1v) is 8.49. The topological polar surface area (TPSA) is 58.4 Å². The third-order valence-electron chi connectivity index (χ3n) is 4.36. The van der Waals surface area contributed by atoms with Crippen LogP contribution in [0.2, 0.25) is 5.02 Å². The van der Waals surface area contributed by atoms with E-state index in [1.807, 2.05) is 18.2 Å². The molecule has 0 saturated heterocycles. The SMILES string of the molecule is NC(=O)CCCNC1=CN(c2cccc(Cl)c2)CC2=C1CCC2. The van der Waals surface area contributed by atoms with Gasteiger partial charge in [0.05, 0.1) is 5.70 Å². The van der Waals surface area contributed by atoms with Crippen molar-refractivity contribution < 1.29 is 4.79 Å². The number of carbonyl (C=O) groups excluding carboxylic acids is 1. The van der Waals surface area contributed by atoms with E-state index in [0.717, 1.165) is 43.1 Å². The van der Waals surface area contributed by atoms with Crippen LogP contribution >= 0.6 is 11.6 Å². The molecule has 1 heterocycles. The van der Waals surface area contributed by atoms with Crippen LogP contribution in [0.5, 0.6) is 0 Å². The number of nitrogens with two attached hydrogens (primary N) is 1. The maximum absolute atomic E-state index is 10.9. The zero-order chi connectivity index (χ0) is 16.2. The monoisotopic (exact) mass is 331 g/mol.